The Morgan fingerprint density at radius 3 is 2.53 bits per heavy atom. The zero-order valence-corrected chi connectivity index (χ0v) is 11.2. The van der Waals surface area contributed by atoms with E-state index in [0.29, 0.717) is 6.54 Å². The summed E-state index contributed by atoms with van der Waals surface area (Å²) in [6.07, 6.45) is 0.303. The Labute approximate surface area is 104 Å². The number of aliphatic hydroxyl groups excluding tert-OH is 1. The van der Waals surface area contributed by atoms with Gasteiger partial charge in [0.25, 0.3) is 0 Å². The molecule has 0 radical (unpaired) electrons. The molecule has 0 spiro atoms. The third kappa shape index (κ3) is 2.79. The SMILES string of the molecule is CCC(C)(CN)C(O)c1ccc(OC)c(C)c1. The zero-order chi connectivity index (χ0) is 13.1. The van der Waals surface area contributed by atoms with Gasteiger partial charge in [0.2, 0.25) is 0 Å². The highest BCUT2D eigenvalue weighted by atomic mass is 16.5. The molecule has 2 unspecified atom stereocenters. The maximum absolute atomic E-state index is 10.4. The summed E-state index contributed by atoms with van der Waals surface area (Å²) in [5, 5.41) is 10.4. The number of hydrogen-bond donors (Lipinski definition) is 2. The summed E-state index contributed by atoms with van der Waals surface area (Å²) in [5.41, 5.74) is 7.42. The molecular formula is C14H23NO2. The quantitative estimate of drug-likeness (QED) is 0.827. The average Bonchev–Trinajstić information content (AvgIpc) is 2.36. The molecule has 0 saturated heterocycles. The topological polar surface area (TPSA) is 55.5 Å². The van der Waals surface area contributed by atoms with Gasteiger partial charge in [-0.25, -0.2) is 0 Å². The van der Waals surface area contributed by atoms with Gasteiger partial charge in [-0.2, -0.15) is 0 Å². The Bertz CT molecular complexity index is 372. The van der Waals surface area contributed by atoms with Gasteiger partial charge in [-0.1, -0.05) is 19.9 Å². The van der Waals surface area contributed by atoms with Crippen LogP contribution in [0.4, 0.5) is 0 Å². The van der Waals surface area contributed by atoms with Crippen molar-refractivity contribution in [2.75, 3.05) is 13.7 Å². The summed E-state index contributed by atoms with van der Waals surface area (Å²) in [6, 6.07) is 5.76. The van der Waals surface area contributed by atoms with Crippen molar-refractivity contribution in [3.05, 3.63) is 29.3 Å². The van der Waals surface area contributed by atoms with E-state index in [1.165, 1.54) is 0 Å². The lowest BCUT2D eigenvalue weighted by Crippen LogP contribution is -2.33. The number of aliphatic hydroxyl groups is 1. The van der Waals surface area contributed by atoms with Crippen molar-refractivity contribution >= 4 is 0 Å². The van der Waals surface area contributed by atoms with E-state index < -0.39 is 6.10 Å². The fraction of sp³-hybridized carbons (Fsp3) is 0.571. The predicted molar refractivity (Wildman–Crippen MR) is 70.1 cm³/mol. The van der Waals surface area contributed by atoms with E-state index in [1.54, 1.807) is 7.11 Å². The van der Waals surface area contributed by atoms with Crippen molar-refractivity contribution in [3.63, 3.8) is 0 Å². The van der Waals surface area contributed by atoms with Crippen LogP contribution in [0.15, 0.2) is 18.2 Å². The molecule has 3 nitrogen and oxygen atoms in total. The largest absolute Gasteiger partial charge is 0.496 e. The predicted octanol–water partition coefficient (Wildman–Crippen LogP) is 2.41. The molecule has 1 rings (SSSR count). The van der Waals surface area contributed by atoms with Crippen molar-refractivity contribution in [2.45, 2.75) is 33.3 Å². The van der Waals surface area contributed by atoms with Crippen molar-refractivity contribution in [1.29, 1.82) is 0 Å². The van der Waals surface area contributed by atoms with Gasteiger partial charge < -0.3 is 15.6 Å². The fourth-order valence-electron chi connectivity index (χ4n) is 1.92. The lowest BCUT2D eigenvalue weighted by molar-refractivity contribution is 0.0391. The standard InChI is InChI=1S/C14H23NO2/c1-5-14(3,9-15)13(16)11-6-7-12(17-4)10(2)8-11/h6-8,13,16H,5,9,15H2,1-4H3. The lowest BCUT2D eigenvalue weighted by Gasteiger charge is -2.32. The molecule has 2 atom stereocenters. The van der Waals surface area contributed by atoms with Crippen molar-refractivity contribution in [3.8, 4) is 5.75 Å². The van der Waals surface area contributed by atoms with Crippen LogP contribution in [0.25, 0.3) is 0 Å². The van der Waals surface area contributed by atoms with E-state index in [-0.39, 0.29) is 5.41 Å². The van der Waals surface area contributed by atoms with E-state index in [9.17, 15) is 5.11 Å². The van der Waals surface area contributed by atoms with Crippen molar-refractivity contribution < 1.29 is 9.84 Å². The number of methoxy groups -OCH3 is 1. The van der Waals surface area contributed by atoms with Crippen LogP contribution in [0, 0.1) is 12.3 Å². The minimum atomic E-state index is -0.540. The Morgan fingerprint density at radius 1 is 1.47 bits per heavy atom. The first-order valence-corrected chi connectivity index (χ1v) is 6.01. The van der Waals surface area contributed by atoms with Crippen LogP contribution in [0.5, 0.6) is 5.75 Å². The van der Waals surface area contributed by atoms with Crippen LogP contribution >= 0.6 is 0 Å². The Hall–Kier alpha value is -1.06. The minimum absolute atomic E-state index is 0.277. The second-order valence-electron chi connectivity index (χ2n) is 4.84. The molecule has 0 aliphatic carbocycles. The third-order valence-corrected chi connectivity index (χ3v) is 3.67. The highest BCUT2D eigenvalue weighted by molar-refractivity contribution is 5.37. The number of benzene rings is 1. The van der Waals surface area contributed by atoms with Crippen LogP contribution in [0.3, 0.4) is 0 Å². The molecule has 0 saturated carbocycles. The van der Waals surface area contributed by atoms with Crippen LogP contribution in [0.1, 0.15) is 37.5 Å². The van der Waals surface area contributed by atoms with Gasteiger partial charge in [0, 0.05) is 12.0 Å². The van der Waals surface area contributed by atoms with Crippen LogP contribution in [0.2, 0.25) is 0 Å². The molecule has 0 amide bonds. The summed E-state index contributed by atoms with van der Waals surface area (Å²) >= 11 is 0. The van der Waals surface area contributed by atoms with Gasteiger partial charge in [0.1, 0.15) is 5.75 Å². The monoisotopic (exact) mass is 237 g/mol. The van der Waals surface area contributed by atoms with Gasteiger partial charge in [-0.15, -0.1) is 0 Å². The van der Waals surface area contributed by atoms with Crippen molar-refractivity contribution in [1.82, 2.24) is 0 Å². The average molecular weight is 237 g/mol. The van der Waals surface area contributed by atoms with Crippen LogP contribution < -0.4 is 10.5 Å². The molecule has 3 heteroatoms. The molecule has 1 aromatic carbocycles. The first-order valence-electron chi connectivity index (χ1n) is 6.01. The third-order valence-electron chi connectivity index (χ3n) is 3.67. The highest BCUT2D eigenvalue weighted by Gasteiger charge is 2.31. The van der Waals surface area contributed by atoms with Crippen molar-refractivity contribution in [2.24, 2.45) is 11.1 Å². The number of ether oxygens (including phenoxy) is 1. The molecule has 0 aliphatic rings. The molecular weight excluding hydrogens is 214 g/mol. The van der Waals surface area contributed by atoms with Crippen LogP contribution in [-0.4, -0.2) is 18.8 Å². The summed E-state index contributed by atoms with van der Waals surface area (Å²) in [7, 11) is 1.65. The molecule has 0 heterocycles. The fourth-order valence-corrected chi connectivity index (χ4v) is 1.92. The van der Waals surface area contributed by atoms with E-state index in [4.69, 9.17) is 10.5 Å². The summed E-state index contributed by atoms with van der Waals surface area (Å²) in [6.45, 7) is 6.50. The van der Waals surface area contributed by atoms with Gasteiger partial charge in [0.05, 0.1) is 13.2 Å². The zero-order valence-electron chi connectivity index (χ0n) is 11.2. The summed E-state index contributed by atoms with van der Waals surface area (Å²) in [4.78, 5) is 0. The summed E-state index contributed by atoms with van der Waals surface area (Å²) < 4.78 is 5.21. The minimum Gasteiger partial charge on any atom is -0.496 e. The summed E-state index contributed by atoms with van der Waals surface area (Å²) in [5.74, 6) is 0.840. The molecule has 0 bridgehead atoms. The number of nitrogens with two attached hydrogens (primary N) is 1. The first kappa shape index (κ1) is 14.0. The molecule has 1 aromatic rings. The lowest BCUT2D eigenvalue weighted by atomic mass is 9.78. The van der Waals surface area contributed by atoms with E-state index in [2.05, 4.69) is 0 Å². The van der Waals surface area contributed by atoms with E-state index in [0.717, 1.165) is 23.3 Å². The Kier molecular flexibility index (Phi) is 4.54. The smallest absolute Gasteiger partial charge is 0.121 e. The van der Waals surface area contributed by atoms with Gasteiger partial charge in [-0.3, -0.25) is 0 Å². The maximum Gasteiger partial charge on any atom is 0.121 e. The Morgan fingerprint density at radius 2 is 2.12 bits per heavy atom. The normalized spacial score (nSPS) is 16.4. The second kappa shape index (κ2) is 5.52. The molecule has 17 heavy (non-hydrogen) atoms. The number of hydrogen-bond acceptors (Lipinski definition) is 3. The number of rotatable bonds is 5. The first-order chi connectivity index (χ1) is 7.98. The molecule has 96 valence electrons. The number of aryl methyl sites for hydroxylation is 1. The molecule has 3 N–H and O–H groups in total. The maximum atomic E-state index is 10.4. The molecule has 0 aromatic heterocycles. The highest BCUT2D eigenvalue weighted by Crippen LogP contribution is 2.36. The molecule has 0 aliphatic heterocycles. The van der Waals surface area contributed by atoms with E-state index >= 15 is 0 Å². The van der Waals surface area contributed by atoms with Gasteiger partial charge in [-0.05, 0) is 36.6 Å². The van der Waals surface area contributed by atoms with Crippen LogP contribution in [-0.2, 0) is 0 Å². The second-order valence-corrected chi connectivity index (χ2v) is 4.84. The van der Waals surface area contributed by atoms with Gasteiger partial charge in [0.15, 0.2) is 0 Å². The Balaban J connectivity index is 3.04. The molecule has 0 fully saturated rings. The van der Waals surface area contributed by atoms with Gasteiger partial charge >= 0.3 is 0 Å². The van der Waals surface area contributed by atoms with E-state index in [1.807, 2.05) is 39.0 Å².